The zero-order chi connectivity index (χ0) is 29.2. The van der Waals surface area contributed by atoms with Crippen LogP contribution in [-0.2, 0) is 31.9 Å². The van der Waals surface area contributed by atoms with Crippen molar-refractivity contribution in [2.75, 3.05) is 19.8 Å². The van der Waals surface area contributed by atoms with E-state index >= 15 is 0 Å². The SMILES string of the molecule is C=C(CO)C(=O)OCCC(CCOC(=O)C(C)C)CC1CCC(CCCCc2ccc(CCCCC)cc2)CC1. The second-order valence-corrected chi connectivity index (χ2v) is 12.3. The number of hydrogen-bond donors (Lipinski definition) is 1. The second-order valence-electron chi connectivity index (χ2n) is 12.3. The number of carbonyl (C=O) groups is 2. The summed E-state index contributed by atoms with van der Waals surface area (Å²) in [4.78, 5) is 23.7. The molecule has 1 aromatic rings. The number of benzene rings is 1. The van der Waals surface area contributed by atoms with Crippen LogP contribution in [0.2, 0.25) is 0 Å². The molecule has 5 heteroatoms. The summed E-state index contributed by atoms with van der Waals surface area (Å²) in [6.07, 6.45) is 17.9. The molecule has 5 nitrogen and oxygen atoms in total. The predicted molar refractivity (Wildman–Crippen MR) is 163 cm³/mol. The number of aliphatic hydroxyl groups is 1. The molecule has 1 aliphatic carbocycles. The highest BCUT2D eigenvalue weighted by Gasteiger charge is 2.24. The van der Waals surface area contributed by atoms with Gasteiger partial charge in [-0.1, -0.05) is 103 Å². The van der Waals surface area contributed by atoms with Crippen molar-refractivity contribution < 1.29 is 24.2 Å². The van der Waals surface area contributed by atoms with Crippen LogP contribution >= 0.6 is 0 Å². The van der Waals surface area contributed by atoms with Gasteiger partial charge in [0.1, 0.15) is 0 Å². The third kappa shape index (κ3) is 14.0. The Morgan fingerprint density at radius 2 is 1.43 bits per heavy atom. The van der Waals surface area contributed by atoms with Crippen LogP contribution in [0.15, 0.2) is 36.4 Å². The van der Waals surface area contributed by atoms with Crippen LogP contribution in [0.5, 0.6) is 0 Å². The first-order chi connectivity index (χ1) is 19.3. The number of unbranched alkanes of at least 4 members (excludes halogenated alkanes) is 3. The summed E-state index contributed by atoms with van der Waals surface area (Å²) < 4.78 is 10.7. The average molecular weight is 557 g/mol. The van der Waals surface area contributed by atoms with E-state index in [0.717, 1.165) is 25.2 Å². The fourth-order valence-electron chi connectivity index (χ4n) is 5.80. The maximum absolute atomic E-state index is 11.9. The van der Waals surface area contributed by atoms with Gasteiger partial charge in [0.2, 0.25) is 0 Å². The molecular weight excluding hydrogens is 500 g/mol. The third-order valence-electron chi connectivity index (χ3n) is 8.53. The first kappa shape index (κ1) is 34.1. The molecule has 0 aliphatic heterocycles. The van der Waals surface area contributed by atoms with E-state index in [1.165, 1.54) is 88.2 Å². The topological polar surface area (TPSA) is 72.8 Å². The van der Waals surface area contributed by atoms with Crippen LogP contribution < -0.4 is 0 Å². The molecule has 0 aromatic heterocycles. The summed E-state index contributed by atoms with van der Waals surface area (Å²) in [6, 6.07) is 9.31. The Kier molecular flexibility index (Phi) is 16.9. The zero-order valence-electron chi connectivity index (χ0n) is 25.6. The van der Waals surface area contributed by atoms with Crippen LogP contribution in [0.25, 0.3) is 0 Å². The molecule has 40 heavy (non-hydrogen) atoms. The van der Waals surface area contributed by atoms with E-state index in [2.05, 4.69) is 37.8 Å². The Morgan fingerprint density at radius 3 is 1.98 bits per heavy atom. The summed E-state index contributed by atoms with van der Waals surface area (Å²) in [5.41, 5.74) is 3.03. The smallest absolute Gasteiger partial charge is 0.335 e. The van der Waals surface area contributed by atoms with Gasteiger partial charge in [-0.2, -0.15) is 0 Å². The van der Waals surface area contributed by atoms with Crippen molar-refractivity contribution in [3.8, 4) is 0 Å². The van der Waals surface area contributed by atoms with Crippen molar-refractivity contribution in [1.29, 1.82) is 0 Å². The molecule has 0 saturated heterocycles. The molecule has 1 unspecified atom stereocenters. The van der Waals surface area contributed by atoms with Crippen LogP contribution in [0.1, 0.15) is 115 Å². The van der Waals surface area contributed by atoms with Gasteiger partial charge in [0.25, 0.3) is 0 Å². The normalized spacial score (nSPS) is 17.9. The highest BCUT2D eigenvalue weighted by molar-refractivity contribution is 5.87. The van der Waals surface area contributed by atoms with Gasteiger partial charge in [-0.3, -0.25) is 4.79 Å². The number of esters is 2. The molecule has 0 radical (unpaired) electrons. The largest absolute Gasteiger partial charge is 0.465 e. The summed E-state index contributed by atoms with van der Waals surface area (Å²) in [6.45, 7) is 9.81. The quantitative estimate of drug-likeness (QED) is 0.100. The molecule has 0 amide bonds. The van der Waals surface area contributed by atoms with Gasteiger partial charge in [-0.05, 0) is 73.8 Å². The van der Waals surface area contributed by atoms with Crippen LogP contribution in [0.4, 0.5) is 0 Å². The fourth-order valence-corrected chi connectivity index (χ4v) is 5.80. The highest BCUT2D eigenvalue weighted by atomic mass is 16.5. The second kappa shape index (κ2) is 19.9. The highest BCUT2D eigenvalue weighted by Crippen LogP contribution is 2.36. The lowest BCUT2D eigenvalue weighted by molar-refractivity contribution is -0.147. The number of carbonyl (C=O) groups excluding carboxylic acids is 2. The Hall–Kier alpha value is -2.14. The molecule has 1 N–H and O–H groups in total. The van der Waals surface area contributed by atoms with Crippen molar-refractivity contribution in [3.05, 3.63) is 47.5 Å². The zero-order valence-corrected chi connectivity index (χ0v) is 25.6. The monoisotopic (exact) mass is 556 g/mol. The Labute approximate surface area is 244 Å². The minimum absolute atomic E-state index is 0.0800. The third-order valence-corrected chi connectivity index (χ3v) is 8.53. The molecule has 1 fully saturated rings. The Morgan fingerprint density at radius 1 is 0.875 bits per heavy atom. The average Bonchev–Trinajstić information content (AvgIpc) is 2.96. The van der Waals surface area contributed by atoms with E-state index in [1.54, 1.807) is 0 Å². The van der Waals surface area contributed by atoms with E-state index in [4.69, 9.17) is 14.6 Å². The molecular formula is C35H56O5. The number of aliphatic hydroxyl groups excluding tert-OH is 1. The molecule has 0 spiro atoms. The van der Waals surface area contributed by atoms with Crippen molar-refractivity contribution in [3.63, 3.8) is 0 Å². The molecule has 226 valence electrons. The molecule has 1 saturated carbocycles. The maximum atomic E-state index is 11.9. The predicted octanol–water partition coefficient (Wildman–Crippen LogP) is 8.02. The van der Waals surface area contributed by atoms with Crippen molar-refractivity contribution in [1.82, 2.24) is 0 Å². The van der Waals surface area contributed by atoms with E-state index < -0.39 is 5.97 Å². The maximum Gasteiger partial charge on any atom is 0.335 e. The van der Waals surface area contributed by atoms with Gasteiger partial charge in [-0.15, -0.1) is 0 Å². The van der Waals surface area contributed by atoms with E-state index in [0.29, 0.717) is 25.0 Å². The first-order valence-electron chi connectivity index (χ1n) is 16.0. The summed E-state index contributed by atoms with van der Waals surface area (Å²) in [5, 5.41) is 9.08. The summed E-state index contributed by atoms with van der Waals surface area (Å²) in [5.74, 6) is 1.04. The van der Waals surface area contributed by atoms with Crippen LogP contribution in [-0.4, -0.2) is 36.9 Å². The molecule has 1 aromatic carbocycles. The molecule has 0 bridgehead atoms. The van der Waals surface area contributed by atoms with Crippen molar-refractivity contribution >= 4 is 11.9 Å². The first-order valence-corrected chi connectivity index (χ1v) is 16.0. The van der Waals surface area contributed by atoms with Crippen LogP contribution in [0, 0.1) is 23.7 Å². The summed E-state index contributed by atoms with van der Waals surface area (Å²) >= 11 is 0. The van der Waals surface area contributed by atoms with Gasteiger partial charge < -0.3 is 14.6 Å². The minimum atomic E-state index is -0.535. The van der Waals surface area contributed by atoms with Gasteiger partial charge in [0.05, 0.1) is 31.3 Å². The van der Waals surface area contributed by atoms with Crippen LogP contribution in [0.3, 0.4) is 0 Å². The minimum Gasteiger partial charge on any atom is -0.465 e. The molecule has 1 aliphatic rings. The van der Waals surface area contributed by atoms with Gasteiger partial charge >= 0.3 is 11.9 Å². The lowest BCUT2D eigenvalue weighted by Gasteiger charge is -2.31. The molecule has 2 rings (SSSR count). The summed E-state index contributed by atoms with van der Waals surface area (Å²) in [7, 11) is 0. The Bertz CT molecular complexity index is 851. The van der Waals surface area contributed by atoms with E-state index in [9.17, 15) is 9.59 Å². The van der Waals surface area contributed by atoms with Crippen molar-refractivity contribution in [2.24, 2.45) is 23.7 Å². The lowest BCUT2D eigenvalue weighted by Crippen LogP contribution is -2.21. The standard InChI is InChI=1S/C35H56O5/c1-5-6-7-10-29-13-15-30(16-14-29)11-8-9-12-31-17-19-32(20-18-31)25-33(21-23-39-34(37)27(2)3)22-24-40-35(38)28(4)26-36/h13-16,27,31-33,36H,4-12,17-26H2,1-3H3. The fraction of sp³-hybridized carbons (Fsp3) is 0.714. The number of hydrogen-bond acceptors (Lipinski definition) is 5. The van der Waals surface area contributed by atoms with Gasteiger partial charge in [0.15, 0.2) is 0 Å². The molecule has 1 atom stereocenters. The van der Waals surface area contributed by atoms with Crippen molar-refractivity contribution in [2.45, 2.75) is 117 Å². The lowest BCUT2D eigenvalue weighted by atomic mass is 9.75. The number of ether oxygens (including phenoxy) is 2. The van der Waals surface area contributed by atoms with E-state index in [-0.39, 0.29) is 24.1 Å². The van der Waals surface area contributed by atoms with Gasteiger partial charge in [-0.25, -0.2) is 4.79 Å². The molecule has 0 heterocycles. The van der Waals surface area contributed by atoms with Gasteiger partial charge in [0, 0.05) is 0 Å². The van der Waals surface area contributed by atoms with E-state index in [1.807, 2.05) is 13.8 Å². The number of aryl methyl sites for hydroxylation is 2. The number of rotatable bonds is 20. The Balaban J connectivity index is 1.68.